The Kier molecular flexibility index (Phi) is 7.50. The van der Waals surface area contributed by atoms with Crippen molar-refractivity contribution >= 4 is 24.0 Å². The SMILES string of the molecule is CCOc1ccc(NC(=O)CN2CCCC(N)C2)cc1.Cl. The van der Waals surface area contributed by atoms with Gasteiger partial charge in [0.2, 0.25) is 5.91 Å². The molecular formula is C15H24ClN3O2. The summed E-state index contributed by atoms with van der Waals surface area (Å²) >= 11 is 0. The Labute approximate surface area is 132 Å². The van der Waals surface area contributed by atoms with Gasteiger partial charge >= 0.3 is 0 Å². The summed E-state index contributed by atoms with van der Waals surface area (Å²) in [6.45, 7) is 4.74. The third kappa shape index (κ3) is 5.91. The number of anilines is 1. The highest BCUT2D eigenvalue weighted by molar-refractivity contribution is 5.92. The van der Waals surface area contributed by atoms with Crippen molar-refractivity contribution in [3.63, 3.8) is 0 Å². The second-order valence-corrected chi connectivity index (χ2v) is 5.14. The molecule has 5 nitrogen and oxygen atoms in total. The Morgan fingerprint density at radius 2 is 2.14 bits per heavy atom. The molecule has 6 heteroatoms. The fourth-order valence-corrected chi connectivity index (χ4v) is 2.44. The van der Waals surface area contributed by atoms with Gasteiger partial charge in [0, 0.05) is 18.3 Å². The third-order valence-corrected chi connectivity index (χ3v) is 3.36. The maximum atomic E-state index is 12.0. The number of carbonyl (C=O) groups excluding carboxylic acids is 1. The van der Waals surface area contributed by atoms with Crippen molar-refractivity contribution in [3.05, 3.63) is 24.3 Å². The zero-order chi connectivity index (χ0) is 14.4. The van der Waals surface area contributed by atoms with Gasteiger partial charge in [-0.3, -0.25) is 9.69 Å². The summed E-state index contributed by atoms with van der Waals surface area (Å²) in [6.07, 6.45) is 2.12. The number of nitrogens with zero attached hydrogens (tertiary/aromatic N) is 1. The van der Waals surface area contributed by atoms with Crippen LogP contribution in [0.1, 0.15) is 19.8 Å². The van der Waals surface area contributed by atoms with E-state index in [1.54, 1.807) is 0 Å². The van der Waals surface area contributed by atoms with Crippen molar-refractivity contribution in [2.75, 3.05) is 31.6 Å². The number of nitrogens with one attached hydrogen (secondary N) is 1. The zero-order valence-corrected chi connectivity index (χ0v) is 13.2. The Bertz CT molecular complexity index is 439. The summed E-state index contributed by atoms with van der Waals surface area (Å²) in [6, 6.07) is 7.61. The summed E-state index contributed by atoms with van der Waals surface area (Å²) in [4.78, 5) is 14.1. The Balaban J connectivity index is 0.00000220. The fraction of sp³-hybridized carbons (Fsp3) is 0.533. The van der Waals surface area contributed by atoms with E-state index in [1.165, 1.54) is 0 Å². The molecule has 1 aliphatic heterocycles. The van der Waals surface area contributed by atoms with E-state index in [0.717, 1.165) is 37.4 Å². The van der Waals surface area contributed by atoms with Crippen molar-refractivity contribution in [2.45, 2.75) is 25.8 Å². The van der Waals surface area contributed by atoms with Crippen LogP contribution >= 0.6 is 12.4 Å². The molecule has 3 N–H and O–H groups in total. The van der Waals surface area contributed by atoms with Crippen molar-refractivity contribution < 1.29 is 9.53 Å². The third-order valence-electron chi connectivity index (χ3n) is 3.36. The van der Waals surface area contributed by atoms with Crippen LogP contribution in [0.15, 0.2) is 24.3 Å². The van der Waals surface area contributed by atoms with Crippen molar-refractivity contribution in [3.8, 4) is 5.75 Å². The predicted molar refractivity (Wildman–Crippen MR) is 87.1 cm³/mol. The molecule has 1 aromatic carbocycles. The van der Waals surface area contributed by atoms with Crippen molar-refractivity contribution in [2.24, 2.45) is 5.73 Å². The topological polar surface area (TPSA) is 67.6 Å². The maximum absolute atomic E-state index is 12.0. The molecule has 1 unspecified atom stereocenters. The first-order valence-corrected chi connectivity index (χ1v) is 7.18. The molecule has 0 aliphatic carbocycles. The molecule has 2 rings (SSSR count). The summed E-state index contributed by atoms with van der Waals surface area (Å²) in [5, 5.41) is 2.90. The van der Waals surface area contributed by atoms with Crippen LogP contribution in [0, 0.1) is 0 Å². The number of amides is 1. The van der Waals surface area contributed by atoms with Crippen LogP contribution in [0.4, 0.5) is 5.69 Å². The first-order valence-electron chi connectivity index (χ1n) is 7.18. The summed E-state index contributed by atoms with van der Waals surface area (Å²) in [5.41, 5.74) is 6.70. The average Bonchev–Trinajstić information content (AvgIpc) is 2.41. The second-order valence-electron chi connectivity index (χ2n) is 5.14. The zero-order valence-electron chi connectivity index (χ0n) is 12.4. The molecule has 0 bridgehead atoms. The summed E-state index contributed by atoms with van der Waals surface area (Å²) in [7, 11) is 0. The first kappa shape index (κ1) is 17.8. The van der Waals surface area contributed by atoms with Crippen molar-refractivity contribution in [1.82, 2.24) is 4.90 Å². The minimum atomic E-state index is 0. The molecule has 0 spiro atoms. The van der Waals surface area contributed by atoms with Gasteiger partial charge in [0.1, 0.15) is 5.75 Å². The molecular weight excluding hydrogens is 290 g/mol. The quantitative estimate of drug-likeness (QED) is 0.871. The average molecular weight is 314 g/mol. The number of hydrogen-bond donors (Lipinski definition) is 2. The molecule has 1 aromatic rings. The van der Waals surface area contributed by atoms with Crippen LogP contribution in [0.3, 0.4) is 0 Å². The lowest BCUT2D eigenvalue weighted by Gasteiger charge is -2.29. The minimum absolute atomic E-state index is 0. The van der Waals surface area contributed by atoms with Crippen LogP contribution in [-0.4, -0.2) is 43.1 Å². The van der Waals surface area contributed by atoms with Gasteiger partial charge in [-0.25, -0.2) is 0 Å². The molecule has 21 heavy (non-hydrogen) atoms. The van der Waals surface area contributed by atoms with Gasteiger partial charge in [-0.1, -0.05) is 0 Å². The van der Waals surface area contributed by atoms with Gasteiger partial charge in [0.05, 0.1) is 13.2 Å². The van der Waals surface area contributed by atoms with Gasteiger partial charge < -0.3 is 15.8 Å². The van der Waals surface area contributed by atoms with Crippen LogP contribution in [0.2, 0.25) is 0 Å². The minimum Gasteiger partial charge on any atom is -0.494 e. The number of halogens is 1. The van der Waals surface area contributed by atoms with Gasteiger partial charge in [0.25, 0.3) is 0 Å². The van der Waals surface area contributed by atoms with Gasteiger partial charge in [-0.2, -0.15) is 0 Å². The second kappa shape index (κ2) is 8.87. The standard InChI is InChI=1S/C15H23N3O2.ClH/c1-2-20-14-7-5-13(6-8-14)17-15(19)11-18-9-3-4-12(16)10-18;/h5-8,12H,2-4,9-11,16H2,1H3,(H,17,19);1H. The van der Waals surface area contributed by atoms with E-state index in [9.17, 15) is 4.79 Å². The number of benzene rings is 1. The Hall–Kier alpha value is -1.30. The smallest absolute Gasteiger partial charge is 0.238 e. The highest BCUT2D eigenvalue weighted by atomic mass is 35.5. The molecule has 0 saturated carbocycles. The van der Waals surface area contributed by atoms with Gasteiger partial charge in [0.15, 0.2) is 0 Å². The van der Waals surface area contributed by atoms with Gasteiger partial charge in [-0.05, 0) is 50.6 Å². The Morgan fingerprint density at radius 3 is 2.76 bits per heavy atom. The lowest BCUT2D eigenvalue weighted by atomic mass is 10.1. The van der Waals surface area contributed by atoms with E-state index in [-0.39, 0.29) is 24.4 Å². The van der Waals surface area contributed by atoms with E-state index in [0.29, 0.717) is 13.2 Å². The fourth-order valence-electron chi connectivity index (χ4n) is 2.44. The highest BCUT2D eigenvalue weighted by Crippen LogP contribution is 2.15. The monoisotopic (exact) mass is 313 g/mol. The molecule has 1 saturated heterocycles. The maximum Gasteiger partial charge on any atom is 0.238 e. The number of ether oxygens (including phenoxy) is 1. The number of carbonyl (C=O) groups is 1. The summed E-state index contributed by atoms with van der Waals surface area (Å²) < 4.78 is 5.36. The molecule has 1 atom stereocenters. The summed E-state index contributed by atoms with van der Waals surface area (Å²) in [5.74, 6) is 0.816. The van der Waals surface area contributed by atoms with Crippen LogP contribution in [-0.2, 0) is 4.79 Å². The first-order chi connectivity index (χ1) is 9.67. The molecule has 1 fully saturated rings. The van der Waals surface area contributed by atoms with E-state index < -0.39 is 0 Å². The van der Waals surface area contributed by atoms with Crippen LogP contribution in [0.5, 0.6) is 5.75 Å². The van der Waals surface area contributed by atoms with E-state index in [1.807, 2.05) is 31.2 Å². The lowest BCUT2D eigenvalue weighted by molar-refractivity contribution is -0.117. The number of likely N-dealkylation sites (tertiary alicyclic amines) is 1. The van der Waals surface area contributed by atoms with Gasteiger partial charge in [-0.15, -0.1) is 12.4 Å². The predicted octanol–water partition coefficient (Wildman–Crippen LogP) is 1.87. The van der Waals surface area contributed by atoms with E-state index in [4.69, 9.17) is 10.5 Å². The molecule has 1 aliphatic rings. The number of piperidine rings is 1. The number of nitrogens with two attached hydrogens (primary N) is 1. The lowest BCUT2D eigenvalue weighted by Crippen LogP contribution is -2.45. The number of rotatable bonds is 5. The largest absolute Gasteiger partial charge is 0.494 e. The Morgan fingerprint density at radius 1 is 1.43 bits per heavy atom. The molecule has 0 aromatic heterocycles. The normalized spacial score (nSPS) is 18.7. The number of hydrogen-bond acceptors (Lipinski definition) is 4. The molecule has 0 radical (unpaired) electrons. The molecule has 118 valence electrons. The molecule has 1 amide bonds. The van der Waals surface area contributed by atoms with Crippen LogP contribution < -0.4 is 15.8 Å². The van der Waals surface area contributed by atoms with E-state index >= 15 is 0 Å². The van der Waals surface area contributed by atoms with E-state index in [2.05, 4.69) is 10.2 Å². The molecule has 1 heterocycles. The van der Waals surface area contributed by atoms with Crippen molar-refractivity contribution in [1.29, 1.82) is 0 Å². The van der Waals surface area contributed by atoms with Crippen LogP contribution in [0.25, 0.3) is 0 Å². The highest BCUT2D eigenvalue weighted by Gasteiger charge is 2.18.